The molecule has 1 rings (SSSR count). The number of halogens is 2. The van der Waals surface area contributed by atoms with Gasteiger partial charge in [-0.15, -0.1) is 0 Å². The summed E-state index contributed by atoms with van der Waals surface area (Å²) in [5.74, 6) is -0.447. The summed E-state index contributed by atoms with van der Waals surface area (Å²) in [6.45, 7) is 1.62. The van der Waals surface area contributed by atoms with Crippen LogP contribution in [0, 0.1) is 0 Å². The van der Waals surface area contributed by atoms with E-state index in [4.69, 9.17) is 5.73 Å². The van der Waals surface area contributed by atoms with Gasteiger partial charge in [-0.05, 0) is 6.92 Å². The summed E-state index contributed by atoms with van der Waals surface area (Å²) in [6.07, 6.45) is -1.31. The van der Waals surface area contributed by atoms with Gasteiger partial charge in [0.2, 0.25) is 0 Å². The van der Waals surface area contributed by atoms with Crippen molar-refractivity contribution >= 4 is 11.7 Å². The fourth-order valence-electron chi connectivity index (χ4n) is 1.10. The van der Waals surface area contributed by atoms with E-state index >= 15 is 0 Å². The van der Waals surface area contributed by atoms with Crippen LogP contribution in [0.1, 0.15) is 17.3 Å². The standard InChI is InChI=1S/C8H12F2N4O/c1-2-12-8(15)5-3-14(4-6(9)10)13-7(5)11/h3,6H,2,4H2,1H3,(H2,11,13)(H,12,15). The average molecular weight is 218 g/mol. The van der Waals surface area contributed by atoms with Crippen molar-refractivity contribution in [2.45, 2.75) is 19.9 Å². The van der Waals surface area contributed by atoms with Gasteiger partial charge in [0.15, 0.2) is 5.82 Å². The molecule has 0 radical (unpaired) electrons. The van der Waals surface area contributed by atoms with Crippen LogP contribution in [0.25, 0.3) is 0 Å². The Kier molecular flexibility index (Phi) is 3.59. The largest absolute Gasteiger partial charge is 0.382 e. The molecule has 0 aliphatic carbocycles. The number of nitrogens with zero attached hydrogens (tertiary/aromatic N) is 2. The molecule has 0 spiro atoms. The summed E-state index contributed by atoms with van der Waals surface area (Å²) in [4.78, 5) is 11.3. The van der Waals surface area contributed by atoms with Crippen molar-refractivity contribution < 1.29 is 13.6 Å². The Morgan fingerprint density at radius 2 is 2.40 bits per heavy atom. The summed E-state index contributed by atoms with van der Waals surface area (Å²) in [5.41, 5.74) is 5.53. The zero-order valence-corrected chi connectivity index (χ0v) is 8.20. The van der Waals surface area contributed by atoms with Crippen LogP contribution < -0.4 is 11.1 Å². The molecule has 1 aromatic heterocycles. The van der Waals surface area contributed by atoms with Crippen LogP contribution in [0.5, 0.6) is 0 Å². The number of aromatic nitrogens is 2. The maximum Gasteiger partial charge on any atom is 0.257 e. The molecule has 3 N–H and O–H groups in total. The molecule has 1 aromatic rings. The molecule has 0 saturated carbocycles. The van der Waals surface area contributed by atoms with E-state index in [1.807, 2.05) is 0 Å². The Labute approximate surface area is 85.2 Å². The fourth-order valence-corrected chi connectivity index (χ4v) is 1.10. The van der Waals surface area contributed by atoms with E-state index in [0.717, 1.165) is 4.68 Å². The number of hydrogen-bond acceptors (Lipinski definition) is 3. The minimum absolute atomic E-state index is 0.0402. The molecule has 0 aromatic carbocycles. The van der Waals surface area contributed by atoms with E-state index in [-0.39, 0.29) is 11.4 Å². The lowest BCUT2D eigenvalue weighted by Crippen LogP contribution is -2.23. The first-order valence-corrected chi connectivity index (χ1v) is 4.43. The predicted molar refractivity (Wildman–Crippen MR) is 50.7 cm³/mol. The third-order valence-electron chi connectivity index (χ3n) is 1.70. The van der Waals surface area contributed by atoms with Crippen molar-refractivity contribution in [1.29, 1.82) is 0 Å². The number of hydrogen-bond donors (Lipinski definition) is 2. The highest BCUT2D eigenvalue weighted by Gasteiger charge is 2.14. The monoisotopic (exact) mass is 218 g/mol. The fraction of sp³-hybridized carbons (Fsp3) is 0.500. The smallest absolute Gasteiger partial charge is 0.257 e. The highest BCUT2D eigenvalue weighted by atomic mass is 19.3. The number of nitrogens with two attached hydrogens (primary N) is 1. The van der Waals surface area contributed by atoms with Gasteiger partial charge < -0.3 is 11.1 Å². The number of alkyl halides is 2. The molecule has 0 aliphatic rings. The second-order valence-corrected chi connectivity index (χ2v) is 2.90. The lowest BCUT2D eigenvalue weighted by molar-refractivity contribution is 0.0955. The average Bonchev–Trinajstić information content (AvgIpc) is 2.46. The van der Waals surface area contributed by atoms with E-state index in [2.05, 4.69) is 10.4 Å². The van der Waals surface area contributed by atoms with Gasteiger partial charge in [0.25, 0.3) is 12.3 Å². The molecule has 84 valence electrons. The number of anilines is 1. The van der Waals surface area contributed by atoms with Gasteiger partial charge in [-0.25, -0.2) is 8.78 Å². The first kappa shape index (κ1) is 11.4. The van der Waals surface area contributed by atoms with Gasteiger partial charge >= 0.3 is 0 Å². The number of carbonyl (C=O) groups excluding carboxylic acids is 1. The van der Waals surface area contributed by atoms with E-state index in [9.17, 15) is 13.6 Å². The lowest BCUT2D eigenvalue weighted by Gasteiger charge is -1.98. The molecule has 1 amide bonds. The van der Waals surface area contributed by atoms with Crippen molar-refractivity contribution in [3.05, 3.63) is 11.8 Å². The molecular formula is C8H12F2N4O. The van der Waals surface area contributed by atoms with Gasteiger partial charge in [-0.2, -0.15) is 5.10 Å². The molecule has 0 bridgehead atoms. The van der Waals surface area contributed by atoms with E-state index < -0.39 is 18.9 Å². The minimum Gasteiger partial charge on any atom is -0.382 e. The van der Waals surface area contributed by atoms with Crippen LogP contribution in [0.2, 0.25) is 0 Å². The summed E-state index contributed by atoms with van der Waals surface area (Å²) < 4.78 is 25.0. The predicted octanol–water partition coefficient (Wildman–Crippen LogP) is 0.480. The quantitative estimate of drug-likeness (QED) is 0.772. The zero-order chi connectivity index (χ0) is 11.4. The van der Waals surface area contributed by atoms with Crippen LogP contribution in [0.15, 0.2) is 6.20 Å². The minimum atomic E-state index is -2.52. The van der Waals surface area contributed by atoms with Gasteiger partial charge in [-0.1, -0.05) is 0 Å². The number of rotatable bonds is 4. The van der Waals surface area contributed by atoms with Gasteiger partial charge in [0.05, 0.1) is 0 Å². The van der Waals surface area contributed by atoms with Crippen molar-refractivity contribution in [2.24, 2.45) is 0 Å². The lowest BCUT2D eigenvalue weighted by atomic mass is 10.3. The highest BCUT2D eigenvalue weighted by molar-refractivity contribution is 5.98. The third kappa shape index (κ3) is 2.90. The zero-order valence-electron chi connectivity index (χ0n) is 8.20. The number of nitrogens with one attached hydrogen (secondary N) is 1. The van der Waals surface area contributed by atoms with E-state index in [0.29, 0.717) is 6.54 Å². The van der Waals surface area contributed by atoms with Crippen molar-refractivity contribution in [1.82, 2.24) is 15.1 Å². The van der Waals surface area contributed by atoms with Crippen molar-refractivity contribution in [3.8, 4) is 0 Å². The first-order chi connectivity index (χ1) is 7.04. The molecular weight excluding hydrogens is 206 g/mol. The SMILES string of the molecule is CCNC(=O)c1cn(CC(F)F)nc1N. The molecule has 0 aliphatic heterocycles. The molecule has 1 heterocycles. The Balaban J connectivity index is 2.81. The van der Waals surface area contributed by atoms with Gasteiger partial charge in [0.1, 0.15) is 12.1 Å². The summed E-state index contributed by atoms with van der Waals surface area (Å²) in [6, 6.07) is 0. The van der Waals surface area contributed by atoms with Crippen LogP contribution in [-0.2, 0) is 6.54 Å². The number of amides is 1. The maximum atomic E-state index is 12.0. The third-order valence-corrected chi connectivity index (χ3v) is 1.70. The Bertz CT molecular complexity index is 350. The second-order valence-electron chi connectivity index (χ2n) is 2.90. The Morgan fingerprint density at radius 1 is 1.73 bits per heavy atom. The molecule has 0 saturated heterocycles. The molecule has 0 unspecified atom stereocenters. The molecule has 0 fully saturated rings. The topological polar surface area (TPSA) is 72.9 Å². The molecule has 0 atom stereocenters. The second kappa shape index (κ2) is 4.72. The summed E-state index contributed by atoms with van der Waals surface area (Å²) in [7, 11) is 0. The maximum absolute atomic E-state index is 12.0. The van der Waals surface area contributed by atoms with E-state index in [1.54, 1.807) is 6.92 Å². The molecule has 15 heavy (non-hydrogen) atoms. The summed E-state index contributed by atoms with van der Waals surface area (Å²) >= 11 is 0. The number of nitrogen functional groups attached to an aromatic ring is 1. The van der Waals surface area contributed by atoms with E-state index in [1.165, 1.54) is 6.20 Å². The van der Waals surface area contributed by atoms with Crippen molar-refractivity contribution in [2.75, 3.05) is 12.3 Å². The van der Waals surface area contributed by atoms with Crippen LogP contribution in [-0.4, -0.2) is 28.7 Å². The highest BCUT2D eigenvalue weighted by Crippen LogP contribution is 2.10. The molecule has 7 heteroatoms. The number of carbonyl (C=O) groups is 1. The van der Waals surface area contributed by atoms with Gasteiger partial charge in [0, 0.05) is 12.7 Å². The first-order valence-electron chi connectivity index (χ1n) is 4.43. The normalized spacial score (nSPS) is 10.7. The van der Waals surface area contributed by atoms with Gasteiger partial charge in [-0.3, -0.25) is 9.48 Å². The van der Waals surface area contributed by atoms with Crippen LogP contribution in [0.4, 0.5) is 14.6 Å². The van der Waals surface area contributed by atoms with Crippen molar-refractivity contribution in [3.63, 3.8) is 0 Å². The van der Waals surface area contributed by atoms with Crippen LogP contribution in [0.3, 0.4) is 0 Å². The molecule has 5 nitrogen and oxygen atoms in total. The van der Waals surface area contributed by atoms with Crippen LogP contribution >= 0.6 is 0 Å². The Morgan fingerprint density at radius 3 is 2.93 bits per heavy atom. The summed E-state index contributed by atoms with van der Waals surface area (Å²) in [5, 5.41) is 6.12. The Hall–Kier alpha value is -1.66.